The average molecular weight is 331 g/mol. The van der Waals surface area contributed by atoms with Gasteiger partial charge < -0.3 is 9.84 Å². The largest absolute Gasteiger partial charge is 0.469 e. The zero-order chi connectivity index (χ0) is 16.9. The molecule has 2 N–H and O–H groups in total. The second kappa shape index (κ2) is 7.50. The number of esters is 1. The van der Waals surface area contributed by atoms with Crippen LogP contribution in [-0.4, -0.2) is 62.9 Å². The zero-order valence-electron chi connectivity index (χ0n) is 13.6. The summed E-state index contributed by atoms with van der Waals surface area (Å²) in [6.45, 7) is 1.86. The van der Waals surface area contributed by atoms with E-state index in [9.17, 15) is 9.90 Å². The summed E-state index contributed by atoms with van der Waals surface area (Å²) in [6.07, 6.45) is 0.594. The molecule has 8 heteroatoms. The summed E-state index contributed by atoms with van der Waals surface area (Å²) < 4.78 is 4.81. The Balaban J connectivity index is 1.59. The number of nitrogens with one attached hydrogen (secondary N) is 1. The average Bonchev–Trinajstić information content (AvgIpc) is 3.08. The second-order valence-corrected chi connectivity index (χ2v) is 6.12. The molecule has 2 atom stereocenters. The van der Waals surface area contributed by atoms with Crippen LogP contribution < -0.4 is 0 Å². The maximum absolute atomic E-state index is 11.7. The number of aliphatic hydroxyl groups excluding tert-OH is 1. The maximum Gasteiger partial charge on any atom is 0.310 e. The number of carbonyl (C=O) groups excluding carboxylic acids is 1. The lowest BCUT2D eigenvalue weighted by atomic mass is 9.95. The third-order valence-electron chi connectivity index (χ3n) is 4.22. The van der Waals surface area contributed by atoms with E-state index in [1.807, 2.05) is 24.3 Å². The highest BCUT2D eigenvalue weighted by Gasteiger charge is 2.31. The number of tetrazole rings is 1. The number of hydrogen-bond acceptors (Lipinski definition) is 7. The second-order valence-electron chi connectivity index (χ2n) is 6.12. The molecule has 0 aliphatic carbocycles. The molecule has 0 spiro atoms. The highest BCUT2D eigenvalue weighted by molar-refractivity contribution is 5.72. The van der Waals surface area contributed by atoms with Crippen LogP contribution in [0.15, 0.2) is 24.3 Å². The number of piperidine rings is 1. The minimum Gasteiger partial charge on any atom is -0.469 e. The SMILES string of the molecule is COC(=O)[C@@H]1C[C@@H](O)CN(Cc2ccc(Cc3nn[nH]n3)cc2)C1. The van der Waals surface area contributed by atoms with Gasteiger partial charge in [-0.15, -0.1) is 10.2 Å². The number of ether oxygens (including phenoxy) is 1. The van der Waals surface area contributed by atoms with E-state index in [1.54, 1.807) is 0 Å². The van der Waals surface area contributed by atoms with Crippen molar-refractivity contribution in [3.05, 3.63) is 41.2 Å². The number of aromatic amines is 1. The molecule has 1 aliphatic heterocycles. The van der Waals surface area contributed by atoms with E-state index in [0.29, 0.717) is 38.3 Å². The van der Waals surface area contributed by atoms with Crippen LogP contribution >= 0.6 is 0 Å². The number of aromatic nitrogens is 4. The molecule has 3 rings (SSSR count). The van der Waals surface area contributed by atoms with Gasteiger partial charge in [0.25, 0.3) is 0 Å². The monoisotopic (exact) mass is 331 g/mol. The number of rotatable bonds is 5. The number of methoxy groups -OCH3 is 1. The van der Waals surface area contributed by atoms with Crippen LogP contribution in [0, 0.1) is 5.92 Å². The van der Waals surface area contributed by atoms with Gasteiger partial charge in [-0.1, -0.05) is 29.5 Å². The number of likely N-dealkylation sites (tertiary alicyclic amines) is 1. The van der Waals surface area contributed by atoms with Gasteiger partial charge in [-0.2, -0.15) is 5.21 Å². The normalized spacial score (nSPS) is 21.6. The Labute approximate surface area is 139 Å². The number of hydrogen-bond donors (Lipinski definition) is 2. The Morgan fingerprint density at radius 1 is 1.33 bits per heavy atom. The highest BCUT2D eigenvalue weighted by Crippen LogP contribution is 2.20. The number of carbonyl (C=O) groups is 1. The molecule has 8 nitrogen and oxygen atoms in total. The summed E-state index contributed by atoms with van der Waals surface area (Å²) in [6, 6.07) is 8.15. The summed E-state index contributed by atoms with van der Waals surface area (Å²) in [5, 5.41) is 23.9. The molecule has 1 aromatic heterocycles. The van der Waals surface area contributed by atoms with Crippen LogP contribution in [0.2, 0.25) is 0 Å². The van der Waals surface area contributed by atoms with E-state index in [0.717, 1.165) is 11.1 Å². The van der Waals surface area contributed by atoms with Crippen molar-refractivity contribution in [2.45, 2.75) is 25.5 Å². The van der Waals surface area contributed by atoms with E-state index in [2.05, 4.69) is 25.5 Å². The van der Waals surface area contributed by atoms with Crippen LogP contribution in [0.4, 0.5) is 0 Å². The van der Waals surface area contributed by atoms with Crippen molar-refractivity contribution in [3.8, 4) is 0 Å². The summed E-state index contributed by atoms with van der Waals surface area (Å²) in [5.74, 6) is 0.133. The molecule has 1 aliphatic rings. The van der Waals surface area contributed by atoms with Crippen LogP contribution in [-0.2, 0) is 22.5 Å². The molecular formula is C16H21N5O3. The fraction of sp³-hybridized carbons (Fsp3) is 0.500. The van der Waals surface area contributed by atoms with Crippen LogP contribution in [0.3, 0.4) is 0 Å². The van der Waals surface area contributed by atoms with Gasteiger partial charge in [0.1, 0.15) is 0 Å². The zero-order valence-corrected chi connectivity index (χ0v) is 13.6. The molecule has 2 heterocycles. The first-order valence-electron chi connectivity index (χ1n) is 7.92. The van der Waals surface area contributed by atoms with E-state index < -0.39 is 6.10 Å². The van der Waals surface area contributed by atoms with Crippen molar-refractivity contribution in [1.29, 1.82) is 0 Å². The molecule has 2 aromatic rings. The molecular weight excluding hydrogens is 310 g/mol. The van der Waals surface area contributed by atoms with Gasteiger partial charge in [-0.25, -0.2) is 0 Å². The van der Waals surface area contributed by atoms with Crippen LogP contribution in [0.1, 0.15) is 23.4 Å². The van der Waals surface area contributed by atoms with Crippen molar-refractivity contribution in [2.24, 2.45) is 5.92 Å². The Hall–Kier alpha value is -2.32. The van der Waals surface area contributed by atoms with Crippen LogP contribution in [0.25, 0.3) is 0 Å². The van der Waals surface area contributed by atoms with Crippen molar-refractivity contribution >= 4 is 5.97 Å². The lowest BCUT2D eigenvalue weighted by Crippen LogP contribution is -2.45. The minimum absolute atomic E-state index is 0.255. The summed E-state index contributed by atoms with van der Waals surface area (Å²) in [7, 11) is 1.39. The number of β-amino-alcohol motifs (C(OH)–C–C–N with tert-alkyl or cyclic N) is 1. The molecule has 0 unspecified atom stereocenters. The summed E-state index contributed by atoms with van der Waals surface area (Å²) in [4.78, 5) is 13.8. The predicted octanol–water partition coefficient (Wildman–Crippen LogP) is 0.146. The first-order valence-corrected chi connectivity index (χ1v) is 7.92. The molecule has 1 fully saturated rings. The lowest BCUT2D eigenvalue weighted by molar-refractivity contribution is -0.149. The molecule has 0 radical (unpaired) electrons. The smallest absolute Gasteiger partial charge is 0.310 e. The first-order chi connectivity index (χ1) is 11.6. The van der Waals surface area contributed by atoms with E-state index in [1.165, 1.54) is 7.11 Å². The number of aliphatic hydroxyl groups is 1. The lowest BCUT2D eigenvalue weighted by Gasteiger charge is -2.34. The van der Waals surface area contributed by atoms with Gasteiger partial charge in [0, 0.05) is 26.1 Å². The predicted molar refractivity (Wildman–Crippen MR) is 84.8 cm³/mol. The Bertz CT molecular complexity index is 659. The topological polar surface area (TPSA) is 104 Å². The fourth-order valence-corrected chi connectivity index (χ4v) is 3.09. The van der Waals surface area contributed by atoms with Crippen LogP contribution in [0.5, 0.6) is 0 Å². The molecule has 24 heavy (non-hydrogen) atoms. The number of H-pyrrole nitrogens is 1. The summed E-state index contributed by atoms with van der Waals surface area (Å²) in [5.41, 5.74) is 2.23. The van der Waals surface area contributed by atoms with Gasteiger partial charge in [0.15, 0.2) is 5.82 Å². The fourth-order valence-electron chi connectivity index (χ4n) is 3.09. The molecule has 0 amide bonds. The maximum atomic E-state index is 11.7. The van der Waals surface area contributed by atoms with Gasteiger partial charge >= 0.3 is 5.97 Å². The molecule has 128 valence electrons. The Kier molecular flexibility index (Phi) is 5.17. The van der Waals surface area contributed by atoms with Gasteiger partial charge in [0.2, 0.25) is 0 Å². The minimum atomic E-state index is -0.500. The van der Waals surface area contributed by atoms with Crippen molar-refractivity contribution in [2.75, 3.05) is 20.2 Å². The molecule has 1 aromatic carbocycles. The third kappa shape index (κ3) is 4.15. The molecule has 0 bridgehead atoms. The third-order valence-corrected chi connectivity index (χ3v) is 4.22. The van der Waals surface area contributed by atoms with E-state index >= 15 is 0 Å². The molecule has 1 saturated heterocycles. The van der Waals surface area contributed by atoms with Crippen molar-refractivity contribution in [3.63, 3.8) is 0 Å². The molecule has 0 saturated carbocycles. The Morgan fingerprint density at radius 2 is 2.08 bits per heavy atom. The van der Waals surface area contributed by atoms with Gasteiger partial charge in [-0.3, -0.25) is 9.69 Å². The number of benzene rings is 1. The van der Waals surface area contributed by atoms with E-state index in [4.69, 9.17) is 4.74 Å². The van der Waals surface area contributed by atoms with Gasteiger partial charge in [0.05, 0.1) is 19.1 Å². The summed E-state index contributed by atoms with van der Waals surface area (Å²) >= 11 is 0. The Morgan fingerprint density at radius 3 is 2.75 bits per heavy atom. The quantitative estimate of drug-likeness (QED) is 0.751. The van der Waals surface area contributed by atoms with E-state index in [-0.39, 0.29) is 11.9 Å². The van der Waals surface area contributed by atoms with Crippen molar-refractivity contribution in [1.82, 2.24) is 25.5 Å². The standard InChI is InChI=1S/C16H21N5O3/c1-24-16(23)13-7-14(22)10-21(9-13)8-12-4-2-11(3-5-12)6-15-17-19-20-18-15/h2-5,13-14,22H,6-10H2,1H3,(H,17,18,19,20)/t13-,14-/m1/s1. The van der Waals surface area contributed by atoms with Gasteiger partial charge in [-0.05, 0) is 17.5 Å². The highest BCUT2D eigenvalue weighted by atomic mass is 16.5. The first kappa shape index (κ1) is 16.5. The number of nitrogens with zero attached hydrogens (tertiary/aromatic N) is 4. The van der Waals surface area contributed by atoms with Crippen molar-refractivity contribution < 1.29 is 14.6 Å².